The highest BCUT2D eigenvalue weighted by Crippen LogP contribution is 2.39. The first kappa shape index (κ1) is 36.2. The van der Waals surface area contributed by atoms with Crippen molar-refractivity contribution in [3.8, 4) is 11.4 Å². The van der Waals surface area contributed by atoms with Crippen molar-refractivity contribution in [2.75, 3.05) is 5.32 Å². The average Bonchev–Trinajstić information content (AvgIpc) is 3.64. The van der Waals surface area contributed by atoms with Gasteiger partial charge in [-0.3, -0.25) is 20.2 Å². The lowest BCUT2D eigenvalue weighted by Gasteiger charge is -2.14. The van der Waals surface area contributed by atoms with Gasteiger partial charge in [0.1, 0.15) is 17.1 Å². The van der Waals surface area contributed by atoms with E-state index in [0.29, 0.717) is 17.4 Å². The zero-order valence-corrected chi connectivity index (χ0v) is 29.7. The fraction of sp³-hybridized carbons (Fsp3) is 0.143. The summed E-state index contributed by atoms with van der Waals surface area (Å²) in [7, 11) is 0. The van der Waals surface area contributed by atoms with Gasteiger partial charge in [0.2, 0.25) is 5.82 Å². The Labute approximate surface area is 305 Å². The molecule has 0 bridgehead atoms. The van der Waals surface area contributed by atoms with Crippen LogP contribution in [0.1, 0.15) is 27.7 Å². The summed E-state index contributed by atoms with van der Waals surface area (Å²) in [6, 6.07) is 41.3. The number of aromatic nitrogens is 2. The van der Waals surface area contributed by atoms with Crippen LogP contribution in [0.4, 0.5) is 21.5 Å². The Morgan fingerprint density at radius 2 is 0.887 bits per heavy atom. The van der Waals surface area contributed by atoms with Crippen molar-refractivity contribution < 1.29 is 14.2 Å². The highest BCUT2D eigenvalue weighted by molar-refractivity contribution is 6.10. The SMILES string of the molecule is CC(C)N.CC(C)Nc1cccc(-n2c3ccccc3c3ccccc32)c1[N+](=O)[O-].O=[N+]([O-])c1c(F)cccc1-n1c2ccccc2c2ccccc21. The molecular formula is C42H39FN6O4. The van der Waals surface area contributed by atoms with Crippen molar-refractivity contribution in [2.24, 2.45) is 5.73 Å². The Morgan fingerprint density at radius 1 is 0.547 bits per heavy atom. The number of nitro benzene ring substituents is 2. The summed E-state index contributed by atoms with van der Waals surface area (Å²) in [6.07, 6.45) is 0. The summed E-state index contributed by atoms with van der Waals surface area (Å²) in [4.78, 5) is 22.3. The van der Waals surface area contributed by atoms with Crippen LogP contribution in [-0.2, 0) is 0 Å². The first-order chi connectivity index (χ1) is 25.5. The Morgan fingerprint density at radius 3 is 1.25 bits per heavy atom. The number of nitrogens with one attached hydrogen (secondary N) is 1. The maximum atomic E-state index is 14.0. The highest BCUT2D eigenvalue weighted by atomic mass is 19.1. The highest BCUT2D eigenvalue weighted by Gasteiger charge is 2.25. The first-order valence-corrected chi connectivity index (χ1v) is 17.2. The van der Waals surface area contributed by atoms with Crippen molar-refractivity contribution in [1.82, 2.24) is 9.13 Å². The van der Waals surface area contributed by atoms with Gasteiger partial charge in [-0.2, -0.15) is 4.39 Å². The fourth-order valence-corrected chi connectivity index (χ4v) is 6.56. The molecule has 0 atom stereocenters. The number of para-hydroxylation sites is 6. The molecule has 0 fully saturated rings. The van der Waals surface area contributed by atoms with Gasteiger partial charge in [0.15, 0.2) is 0 Å². The average molecular weight is 711 g/mol. The molecule has 0 aliphatic rings. The Kier molecular flexibility index (Phi) is 10.5. The summed E-state index contributed by atoms with van der Waals surface area (Å²) in [5.74, 6) is -0.839. The fourth-order valence-electron chi connectivity index (χ4n) is 6.56. The first-order valence-electron chi connectivity index (χ1n) is 17.2. The van der Waals surface area contributed by atoms with E-state index < -0.39 is 16.4 Å². The van der Waals surface area contributed by atoms with Gasteiger partial charge in [-0.15, -0.1) is 0 Å². The monoisotopic (exact) mass is 710 g/mol. The zero-order chi connectivity index (χ0) is 37.8. The van der Waals surface area contributed by atoms with Crippen LogP contribution in [0.25, 0.3) is 55.0 Å². The lowest BCUT2D eigenvalue weighted by molar-refractivity contribution is -0.387. The van der Waals surface area contributed by atoms with Crippen LogP contribution in [0.5, 0.6) is 0 Å². The van der Waals surface area contributed by atoms with E-state index in [2.05, 4.69) is 17.4 Å². The van der Waals surface area contributed by atoms with Crippen molar-refractivity contribution in [2.45, 2.75) is 39.8 Å². The molecule has 0 aliphatic heterocycles. The third-order valence-corrected chi connectivity index (χ3v) is 8.43. The second-order valence-corrected chi connectivity index (χ2v) is 13.1. The molecule has 0 spiro atoms. The van der Waals surface area contributed by atoms with Gasteiger partial charge < -0.3 is 20.2 Å². The van der Waals surface area contributed by atoms with Gasteiger partial charge in [-0.05, 0) is 68.4 Å². The van der Waals surface area contributed by atoms with Crippen molar-refractivity contribution >= 4 is 60.7 Å². The molecule has 8 rings (SSSR count). The summed E-state index contributed by atoms with van der Waals surface area (Å²) in [5.41, 5.74) is 9.54. The smallest absolute Gasteiger partial charge is 0.328 e. The third kappa shape index (κ3) is 7.15. The minimum atomic E-state index is -0.839. The van der Waals surface area contributed by atoms with Crippen LogP contribution in [0.2, 0.25) is 0 Å². The van der Waals surface area contributed by atoms with Gasteiger partial charge in [0, 0.05) is 27.6 Å². The Bertz CT molecular complexity index is 2500. The summed E-state index contributed by atoms with van der Waals surface area (Å²) < 4.78 is 17.8. The molecule has 6 aromatic carbocycles. The molecule has 0 aliphatic carbocycles. The normalized spacial score (nSPS) is 11.1. The Hall–Kier alpha value is -6.59. The molecule has 0 radical (unpaired) electrons. The second-order valence-electron chi connectivity index (χ2n) is 13.1. The van der Waals surface area contributed by atoms with E-state index in [-0.39, 0.29) is 22.3 Å². The molecule has 2 heterocycles. The third-order valence-electron chi connectivity index (χ3n) is 8.43. The molecule has 10 nitrogen and oxygen atoms in total. The molecule has 0 saturated heterocycles. The number of hydrogen-bond donors (Lipinski definition) is 2. The van der Waals surface area contributed by atoms with Crippen LogP contribution in [0.3, 0.4) is 0 Å². The van der Waals surface area contributed by atoms with E-state index in [1.54, 1.807) is 16.7 Å². The maximum absolute atomic E-state index is 14.0. The van der Waals surface area contributed by atoms with Crippen LogP contribution >= 0.6 is 0 Å². The van der Waals surface area contributed by atoms with Gasteiger partial charge in [-0.25, -0.2) is 0 Å². The number of nitrogens with zero attached hydrogens (tertiary/aromatic N) is 4. The number of benzene rings is 6. The number of rotatable bonds is 6. The molecule has 8 aromatic rings. The summed E-state index contributed by atoms with van der Waals surface area (Å²) in [5, 5.41) is 30.6. The summed E-state index contributed by atoms with van der Waals surface area (Å²) >= 11 is 0. The van der Waals surface area contributed by atoms with Gasteiger partial charge in [0.25, 0.3) is 0 Å². The molecule has 0 unspecified atom stereocenters. The molecule has 2 aromatic heterocycles. The van der Waals surface area contributed by atoms with Crippen LogP contribution in [0, 0.1) is 26.0 Å². The molecule has 0 saturated carbocycles. The van der Waals surface area contributed by atoms with Gasteiger partial charge >= 0.3 is 11.4 Å². The van der Waals surface area contributed by atoms with E-state index >= 15 is 0 Å². The summed E-state index contributed by atoms with van der Waals surface area (Å²) in [6.45, 7) is 7.83. The van der Waals surface area contributed by atoms with E-state index in [9.17, 15) is 24.6 Å². The van der Waals surface area contributed by atoms with Gasteiger partial charge in [0.05, 0.1) is 31.9 Å². The number of nitrogens with two attached hydrogens (primary N) is 1. The van der Waals surface area contributed by atoms with Crippen molar-refractivity contribution in [3.05, 3.63) is 160 Å². The van der Waals surface area contributed by atoms with Crippen molar-refractivity contribution in [3.63, 3.8) is 0 Å². The van der Waals surface area contributed by atoms with Crippen LogP contribution in [0.15, 0.2) is 133 Å². The number of fused-ring (bicyclic) bond motifs is 6. The standard InChI is InChI=1S/C21H19N3O2.C18H11FN2O2.C3H9N/c1-14(2)22-17-10-7-13-20(21(17)24(25)26)23-18-11-5-3-8-15(18)16-9-4-6-12-19(16)23;19-14-8-5-11-17(18(14)21(22)23)20-15-9-3-1-6-12(15)13-7-2-4-10-16(13)20;1-3(2)4/h3-14,22H,1-2H3;1-11H;3H,4H2,1-2H3. The quantitative estimate of drug-likeness (QED) is 0.130. The largest absolute Gasteiger partial charge is 0.377 e. The topological polar surface area (TPSA) is 134 Å². The number of nitro groups is 2. The van der Waals surface area contributed by atoms with E-state index in [1.165, 1.54) is 6.07 Å². The lowest BCUT2D eigenvalue weighted by Crippen LogP contribution is -2.12. The zero-order valence-electron chi connectivity index (χ0n) is 29.7. The molecule has 3 N–H and O–H groups in total. The minimum absolute atomic E-state index is 0.0905. The molecular weight excluding hydrogens is 671 g/mol. The molecule has 0 amide bonds. The number of anilines is 1. The predicted molar refractivity (Wildman–Crippen MR) is 213 cm³/mol. The van der Waals surface area contributed by atoms with E-state index in [0.717, 1.165) is 49.7 Å². The molecule has 268 valence electrons. The predicted octanol–water partition coefficient (Wildman–Crippen LogP) is 10.7. The number of halogens is 1. The molecule has 11 heteroatoms. The maximum Gasteiger partial charge on any atom is 0.328 e. The van der Waals surface area contributed by atoms with Gasteiger partial charge in [-0.1, -0.05) is 98.8 Å². The van der Waals surface area contributed by atoms with Crippen LogP contribution < -0.4 is 11.1 Å². The van der Waals surface area contributed by atoms with E-state index in [1.807, 2.05) is 129 Å². The van der Waals surface area contributed by atoms with E-state index in [4.69, 9.17) is 5.73 Å². The number of hydrogen-bond acceptors (Lipinski definition) is 6. The lowest BCUT2D eigenvalue weighted by atomic mass is 10.2. The minimum Gasteiger partial charge on any atom is -0.377 e. The second kappa shape index (κ2) is 15.3. The Balaban J connectivity index is 0.000000166. The molecule has 53 heavy (non-hydrogen) atoms. The van der Waals surface area contributed by atoms with Crippen molar-refractivity contribution in [1.29, 1.82) is 0 Å². The van der Waals surface area contributed by atoms with Crippen LogP contribution in [-0.4, -0.2) is 31.1 Å².